The van der Waals surface area contributed by atoms with Crippen molar-refractivity contribution in [2.75, 3.05) is 11.1 Å². The van der Waals surface area contributed by atoms with Gasteiger partial charge in [0.2, 0.25) is 5.91 Å². The Morgan fingerprint density at radius 3 is 2.53 bits per heavy atom. The molecule has 2 aromatic carbocycles. The molecule has 0 aliphatic rings. The molecule has 1 amide bonds. The molecular formula is C27H23N5O3S. The number of pyridine rings is 1. The van der Waals surface area contributed by atoms with Crippen molar-refractivity contribution < 1.29 is 13.9 Å². The summed E-state index contributed by atoms with van der Waals surface area (Å²) in [5, 5.41) is 12.1. The molecule has 5 aromatic rings. The molecule has 1 N–H and O–H groups in total. The summed E-state index contributed by atoms with van der Waals surface area (Å²) in [6.07, 6.45) is 3.33. The molecule has 3 heterocycles. The molecule has 0 saturated carbocycles. The van der Waals surface area contributed by atoms with Crippen molar-refractivity contribution in [1.29, 1.82) is 0 Å². The van der Waals surface area contributed by atoms with Gasteiger partial charge in [0.15, 0.2) is 11.0 Å². The van der Waals surface area contributed by atoms with E-state index in [4.69, 9.17) is 9.15 Å². The average Bonchev–Trinajstić information content (AvgIpc) is 3.59. The molecule has 0 spiro atoms. The highest BCUT2D eigenvalue weighted by molar-refractivity contribution is 7.99. The molecule has 8 nitrogen and oxygen atoms in total. The van der Waals surface area contributed by atoms with Crippen LogP contribution in [0.3, 0.4) is 0 Å². The Balaban J connectivity index is 1.20. The fourth-order valence-corrected chi connectivity index (χ4v) is 4.22. The smallest absolute Gasteiger partial charge is 0.234 e. The summed E-state index contributed by atoms with van der Waals surface area (Å²) >= 11 is 1.30. The lowest BCUT2D eigenvalue weighted by molar-refractivity contribution is -0.113. The number of ether oxygens (including phenoxy) is 1. The number of hydrogen-bond donors (Lipinski definition) is 1. The standard InChI is InChI=1S/C27H23N5O3S/c33-25(29-21-11-13-22(14-12-21)35-18-20-7-2-1-3-8-20)19-36-27-31-30-26(24-10-4-5-15-28-24)32(27)17-23-9-6-16-34-23/h1-16H,17-19H2,(H,29,33). The number of nitrogens with zero attached hydrogens (tertiary/aromatic N) is 4. The first-order valence-electron chi connectivity index (χ1n) is 11.3. The number of furan rings is 1. The van der Waals surface area contributed by atoms with E-state index in [2.05, 4.69) is 20.5 Å². The Morgan fingerprint density at radius 1 is 0.944 bits per heavy atom. The van der Waals surface area contributed by atoms with Crippen molar-refractivity contribution in [2.45, 2.75) is 18.3 Å². The molecule has 0 fully saturated rings. The fraction of sp³-hybridized carbons (Fsp3) is 0.111. The van der Waals surface area contributed by atoms with Gasteiger partial charge < -0.3 is 14.5 Å². The van der Waals surface area contributed by atoms with Crippen LogP contribution in [0.5, 0.6) is 5.75 Å². The molecule has 0 aliphatic carbocycles. The minimum Gasteiger partial charge on any atom is -0.489 e. The van der Waals surface area contributed by atoms with Gasteiger partial charge in [-0.15, -0.1) is 10.2 Å². The van der Waals surface area contributed by atoms with Crippen LogP contribution in [0.15, 0.2) is 107 Å². The predicted molar refractivity (Wildman–Crippen MR) is 138 cm³/mol. The number of hydrogen-bond acceptors (Lipinski definition) is 7. The lowest BCUT2D eigenvalue weighted by atomic mass is 10.2. The van der Waals surface area contributed by atoms with Gasteiger partial charge in [-0.2, -0.15) is 0 Å². The second-order valence-corrected chi connectivity index (χ2v) is 8.76. The molecule has 180 valence electrons. The third kappa shape index (κ3) is 6.00. The number of amides is 1. The molecule has 5 rings (SSSR count). The van der Waals surface area contributed by atoms with E-state index in [-0.39, 0.29) is 11.7 Å². The zero-order chi connectivity index (χ0) is 24.6. The molecule has 0 aliphatic heterocycles. The summed E-state index contributed by atoms with van der Waals surface area (Å²) < 4.78 is 13.2. The van der Waals surface area contributed by atoms with Crippen LogP contribution < -0.4 is 10.1 Å². The van der Waals surface area contributed by atoms with E-state index < -0.39 is 0 Å². The van der Waals surface area contributed by atoms with Gasteiger partial charge in [0.1, 0.15) is 23.8 Å². The third-order valence-corrected chi connectivity index (χ3v) is 6.19. The van der Waals surface area contributed by atoms with Gasteiger partial charge in [0, 0.05) is 11.9 Å². The number of rotatable bonds is 10. The number of carbonyl (C=O) groups is 1. The van der Waals surface area contributed by atoms with Crippen LogP contribution in [0.25, 0.3) is 11.5 Å². The molecule has 0 unspecified atom stereocenters. The van der Waals surface area contributed by atoms with Gasteiger partial charge in [0.25, 0.3) is 0 Å². The van der Waals surface area contributed by atoms with Gasteiger partial charge in [-0.1, -0.05) is 48.2 Å². The second-order valence-electron chi connectivity index (χ2n) is 7.82. The number of anilines is 1. The van der Waals surface area contributed by atoms with E-state index in [1.807, 2.05) is 89.5 Å². The Kier molecular flexibility index (Phi) is 7.38. The monoisotopic (exact) mass is 497 g/mol. The van der Waals surface area contributed by atoms with E-state index in [0.29, 0.717) is 35.5 Å². The predicted octanol–water partition coefficient (Wildman–Crippen LogP) is 5.29. The van der Waals surface area contributed by atoms with Gasteiger partial charge in [-0.25, -0.2) is 0 Å². The largest absolute Gasteiger partial charge is 0.489 e. The highest BCUT2D eigenvalue weighted by Gasteiger charge is 2.17. The lowest BCUT2D eigenvalue weighted by Crippen LogP contribution is -2.14. The minimum absolute atomic E-state index is 0.148. The summed E-state index contributed by atoms with van der Waals surface area (Å²) in [7, 11) is 0. The fourth-order valence-electron chi connectivity index (χ4n) is 3.48. The van der Waals surface area contributed by atoms with Crippen LogP contribution in [-0.4, -0.2) is 31.4 Å². The minimum atomic E-state index is -0.148. The molecule has 9 heteroatoms. The summed E-state index contributed by atoms with van der Waals surface area (Å²) in [5.41, 5.74) is 2.49. The van der Waals surface area contributed by atoms with E-state index in [1.165, 1.54) is 11.8 Å². The number of benzene rings is 2. The van der Waals surface area contributed by atoms with Crippen LogP contribution >= 0.6 is 11.8 Å². The number of thioether (sulfide) groups is 1. The molecule has 3 aromatic heterocycles. The van der Waals surface area contributed by atoms with Crippen LogP contribution in [0, 0.1) is 0 Å². The van der Waals surface area contributed by atoms with Gasteiger partial charge in [-0.3, -0.25) is 14.3 Å². The third-order valence-electron chi connectivity index (χ3n) is 5.22. The first kappa shape index (κ1) is 23.4. The Hall–Kier alpha value is -4.37. The van der Waals surface area contributed by atoms with Crippen LogP contribution in [-0.2, 0) is 17.9 Å². The summed E-state index contributed by atoms with van der Waals surface area (Å²) in [6, 6.07) is 26.6. The summed E-state index contributed by atoms with van der Waals surface area (Å²) in [6.45, 7) is 0.919. The lowest BCUT2D eigenvalue weighted by Gasteiger charge is -2.10. The van der Waals surface area contributed by atoms with Gasteiger partial charge in [0.05, 0.1) is 18.6 Å². The van der Waals surface area contributed by atoms with Crippen molar-refractivity contribution in [3.05, 3.63) is 109 Å². The number of aromatic nitrogens is 4. The van der Waals surface area contributed by atoms with E-state index in [0.717, 1.165) is 17.1 Å². The summed E-state index contributed by atoms with van der Waals surface area (Å²) in [4.78, 5) is 17.0. The Morgan fingerprint density at radius 2 is 1.78 bits per heavy atom. The zero-order valence-electron chi connectivity index (χ0n) is 19.3. The first-order chi connectivity index (χ1) is 17.7. The highest BCUT2D eigenvalue weighted by atomic mass is 32.2. The molecule has 0 bridgehead atoms. The van der Waals surface area contributed by atoms with Gasteiger partial charge in [-0.05, 0) is 54.1 Å². The van der Waals surface area contributed by atoms with Crippen molar-refractivity contribution in [1.82, 2.24) is 19.7 Å². The molecule has 0 radical (unpaired) electrons. The van der Waals surface area contributed by atoms with Crippen molar-refractivity contribution in [2.24, 2.45) is 0 Å². The topological polar surface area (TPSA) is 95.1 Å². The number of nitrogens with one attached hydrogen (secondary N) is 1. The normalized spacial score (nSPS) is 10.8. The SMILES string of the molecule is O=C(CSc1nnc(-c2ccccn2)n1Cc1ccco1)Nc1ccc(OCc2ccccc2)cc1. The quantitative estimate of drug-likeness (QED) is 0.262. The second kappa shape index (κ2) is 11.4. The Labute approximate surface area is 212 Å². The first-order valence-corrected chi connectivity index (χ1v) is 12.3. The maximum absolute atomic E-state index is 12.6. The van der Waals surface area contributed by atoms with Gasteiger partial charge >= 0.3 is 0 Å². The van der Waals surface area contributed by atoms with E-state index in [9.17, 15) is 4.79 Å². The van der Waals surface area contributed by atoms with Crippen LogP contribution in [0.2, 0.25) is 0 Å². The maximum Gasteiger partial charge on any atom is 0.234 e. The van der Waals surface area contributed by atoms with Crippen LogP contribution in [0.4, 0.5) is 5.69 Å². The van der Waals surface area contributed by atoms with Crippen molar-refractivity contribution in [3.8, 4) is 17.3 Å². The summed E-state index contributed by atoms with van der Waals surface area (Å²) in [5.74, 6) is 2.13. The van der Waals surface area contributed by atoms with Crippen molar-refractivity contribution >= 4 is 23.4 Å². The molecule has 0 saturated heterocycles. The van der Waals surface area contributed by atoms with E-state index >= 15 is 0 Å². The zero-order valence-corrected chi connectivity index (χ0v) is 20.1. The molecule has 0 atom stereocenters. The van der Waals surface area contributed by atoms with Crippen LogP contribution in [0.1, 0.15) is 11.3 Å². The maximum atomic E-state index is 12.6. The average molecular weight is 498 g/mol. The Bertz CT molecular complexity index is 1390. The van der Waals surface area contributed by atoms with Crippen molar-refractivity contribution in [3.63, 3.8) is 0 Å². The van der Waals surface area contributed by atoms with E-state index in [1.54, 1.807) is 12.5 Å². The highest BCUT2D eigenvalue weighted by Crippen LogP contribution is 2.25. The number of carbonyl (C=O) groups excluding carboxylic acids is 1. The molecule has 36 heavy (non-hydrogen) atoms. The molecular weight excluding hydrogens is 474 g/mol.